The van der Waals surface area contributed by atoms with E-state index < -0.39 is 24.4 Å². The molecule has 29 heavy (non-hydrogen) atoms. The molecule has 1 aliphatic heterocycles. The van der Waals surface area contributed by atoms with Gasteiger partial charge in [0.1, 0.15) is 5.92 Å². The molecule has 2 aromatic carbocycles. The number of carbonyl (C=O) groups is 1. The fourth-order valence-corrected chi connectivity index (χ4v) is 3.12. The molecule has 8 heteroatoms. The van der Waals surface area contributed by atoms with Crippen LogP contribution >= 0.6 is 0 Å². The van der Waals surface area contributed by atoms with Crippen LogP contribution in [0.4, 0.5) is 13.2 Å². The maximum atomic E-state index is 13.6. The van der Waals surface area contributed by atoms with Crippen LogP contribution in [0.25, 0.3) is 0 Å². The summed E-state index contributed by atoms with van der Waals surface area (Å²) in [6.45, 7) is 1.87. The van der Waals surface area contributed by atoms with Gasteiger partial charge in [-0.1, -0.05) is 29.8 Å². The Hall–Kier alpha value is -3.03. The third-order valence-corrected chi connectivity index (χ3v) is 4.76. The van der Waals surface area contributed by atoms with Crippen LogP contribution in [0.3, 0.4) is 0 Å². The Bertz CT molecular complexity index is 924. The molecular formula is C21H21F3N2O3. The van der Waals surface area contributed by atoms with Gasteiger partial charge in [-0.15, -0.1) is 0 Å². The van der Waals surface area contributed by atoms with E-state index in [0.29, 0.717) is 22.6 Å². The zero-order valence-electron chi connectivity index (χ0n) is 16.3. The Balaban J connectivity index is 2.00. The quantitative estimate of drug-likeness (QED) is 0.743. The number of hydrogen-bond acceptors (Lipinski definition) is 4. The number of aryl methyl sites for hydroxylation is 1. The molecule has 5 nitrogen and oxygen atoms in total. The van der Waals surface area contributed by atoms with Crippen LogP contribution < -0.4 is 9.47 Å². The van der Waals surface area contributed by atoms with Crippen molar-refractivity contribution in [3.05, 3.63) is 59.2 Å². The van der Waals surface area contributed by atoms with E-state index in [9.17, 15) is 18.0 Å². The van der Waals surface area contributed by atoms with Gasteiger partial charge < -0.3 is 9.47 Å². The predicted octanol–water partition coefficient (Wildman–Crippen LogP) is 4.33. The van der Waals surface area contributed by atoms with Crippen LogP contribution in [-0.4, -0.2) is 37.0 Å². The molecule has 0 saturated heterocycles. The Morgan fingerprint density at radius 3 is 2.31 bits per heavy atom. The summed E-state index contributed by atoms with van der Waals surface area (Å²) >= 11 is 0. The van der Waals surface area contributed by atoms with Crippen molar-refractivity contribution in [2.24, 2.45) is 11.0 Å². The molecule has 1 heterocycles. The minimum atomic E-state index is -4.67. The summed E-state index contributed by atoms with van der Waals surface area (Å²) in [5.41, 5.74) is 2.32. The zero-order valence-corrected chi connectivity index (χ0v) is 16.3. The highest BCUT2D eigenvalue weighted by Crippen LogP contribution is 2.36. The van der Waals surface area contributed by atoms with Gasteiger partial charge in [0.25, 0.3) is 5.91 Å². The van der Waals surface area contributed by atoms with Crippen molar-refractivity contribution in [2.75, 3.05) is 14.2 Å². The van der Waals surface area contributed by atoms with Gasteiger partial charge in [0.2, 0.25) is 0 Å². The number of hydrogen-bond donors (Lipinski definition) is 0. The molecular weight excluding hydrogens is 385 g/mol. The number of benzene rings is 2. The van der Waals surface area contributed by atoms with Gasteiger partial charge in [-0.3, -0.25) is 4.79 Å². The molecule has 0 radical (unpaired) electrons. The van der Waals surface area contributed by atoms with E-state index >= 15 is 0 Å². The lowest BCUT2D eigenvalue weighted by Gasteiger charge is -2.31. The van der Waals surface area contributed by atoms with Crippen molar-refractivity contribution in [3.8, 4) is 11.5 Å². The fraction of sp³-hybridized carbons (Fsp3) is 0.333. The van der Waals surface area contributed by atoms with Gasteiger partial charge in [0.05, 0.1) is 26.5 Å². The van der Waals surface area contributed by atoms with Gasteiger partial charge in [0.15, 0.2) is 11.5 Å². The molecule has 154 valence electrons. The van der Waals surface area contributed by atoms with Crippen molar-refractivity contribution in [2.45, 2.75) is 26.1 Å². The summed E-state index contributed by atoms with van der Waals surface area (Å²) in [5.74, 6) is -2.37. The van der Waals surface area contributed by atoms with Gasteiger partial charge >= 0.3 is 6.18 Å². The molecule has 0 aliphatic carbocycles. The maximum Gasteiger partial charge on any atom is 0.400 e. The van der Waals surface area contributed by atoms with Crippen LogP contribution in [0, 0.1) is 12.8 Å². The van der Waals surface area contributed by atoms with Crippen LogP contribution in [0.2, 0.25) is 0 Å². The highest BCUT2D eigenvalue weighted by atomic mass is 19.4. The van der Waals surface area contributed by atoms with Gasteiger partial charge in [-0.2, -0.15) is 18.3 Å². The number of carbonyl (C=O) groups excluding carboxylic acids is 1. The number of amides is 1. The smallest absolute Gasteiger partial charge is 0.400 e. The van der Waals surface area contributed by atoms with Gasteiger partial charge in [-0.25, -0.2) is 5.01 Å². The molecule has 1 aliphatic rings. The Morgan fingerprint density at radius 2 is 1.72 bits per heavy atom. The Morgan fingerprint density at radius 1 is 1.07 bits per heavy atom. The number of ether oxygens (including phenoxy) is 2. The molecule has 3 rings (SSSR count). The summed E-state index contributed by atoms with van der Waals surface area (Å²) in [6.07, 6.45) is -5.19. The second-order valence-electron chi connectivity index (χ2n) is 6.80. The predicted molar refractivity (Wildman–Crippen MR) is 102 cm³/mol. The standard InChI is InChI=1S/C21H21F3N2O3/c1-13-4-6-14(7-5-13)12-26-20(27)16(21(22,23)24)11-17(25-26)15-8-9-18(28-2)19(10-15)29-3/h4-10,16H,11-12H2,1-3H3. The largest absolute Gasteiger partial charge is 0.493 e. The molecule has 0 saturated carbocycles. The van der Waals surface area contributed by atoms with Crippen LogP contribution in [-0.2, 0) is 11.3 Å². The highest BCUT2D eigenvalue weighted by molar-refractivity contribution is 6.05. The SMILES string of the molecule is COc1ccc(C2=NN(Cc3ccc(C)cc3)C(=O)C(C(F)(F)F)C2)cc1OC. The molecule has 1 amide bonds. The summed E-state index contributed by atoms with van der Waals surface area (Å²) in [7, 11) is 2.91. The van der Waals surface area contributed by atoms with E-state index in [0.717, 1.165) is 10.6 Å². The summed E-state index contributed by atoms with van der Waals surface area (Å²) in [5, 5.41) is 5.15. The van der Waals surface area contributed by atoms with E-state index in [1.807, 2.05) is 19.1 Å². The summed E-state index contributed by atoms with van der Waals surface area (Å²) in [6, 6.07) is 12.0. The van der Waals surface area contributed by atoms with Crippen molar-refractivity contribution >= 4 is 11.6 Å². The zero-order chi connectivity index (χ0) is 21.2. The van der Waals surface area contributed by atoms with E-state index in [4.69, 9.17) is 9.47 Å². The van der Waals surface area contributed by atoms with Gasteiger partial charge in [-0.05, 0) is 30.7 Å². The molecule has 2 aromatic rings. The molecule has 0 fully saturated rings. The van der Waals surface area contributed by atoms with Crippen LogP contribution in [0.1, 0.15) is 23.1 Å². The van der Waals surface area contributed by atoms with Crippen molar-refractivity contribution in [1.29, 1.82) is 0 Å². The first-order valence-corrected chi connectivity index (χ1v) is 8.96. The van der Waals surface area contributed by atoms with Gasteiger partial charge in [0, 0.05) is 12.0 Å². The normalized spacial score (nSPS) is 17.2. The number of rotatable bonds is 5. The molecule has 1 unspecified atom stereocenters. The molecule has 0 N–H and O–H groups in total. The second kappa shape index (κ2) is 8.14. The number of halogens is 3. The molecule has 1 atom stereocenters. The van der Waals surface area contributed by atoms with Crippen LogP contribution in [0.15, 0.2) is 47.6 Å². The van der Waals surface area contributed by atoms with E-state index in [2.05, 4.69) is 5.10 Å². The minimum absolute atomic E-state index is 0.0392. The molecule has 0 bridgehead atoms. The fourth-order valence-electron chi connectivity index (χ4n) is 3.12. The van der Waals surface area contributed by atoms with Crippen LogP contribution in [0.5, 0.6) is 11.5 Å². The van der Waals surface area contributed by atoms with E-state index in [1.165, 1.54) is 14.2 Å². The van der Waals surface area contributed by atoms with Crippen molar-refractivity contribution in [3.63, 3.8) is 0 Å². The number of alkyl halides is 3. The average molecular weight is 406 g/mol. The monoisotopic (exact) mass is 406 g/mol. The van der Waals surface area contributed by atoms with Crippen molar-refractivity contribution in [1.82, 2.24) is 5.01 Å². The number of hydrazone groups is 1. The third kappa shape index (κ3) is 4.52. The second-order valence-corrected chi connectivity index (χ2v) is 6.80. The Kier molecular flexibility index (Phi) is 5.81. The first-order valence-electron chi connectivity index (χ1n) is 8.96. The number of nitrogens with zero attached hydrogens (tertiary/aromatic N) is 2. The van der Waals surface area contributed by atoms with E-state index in [1.54, 1.807) is 30.3 Å². The first kappa shape index (κ1) is 20.7. The number of methoxy groups -OCH3 is 2. The summed E-state index contributed by atoms with van der Waals surface area (Å²) in [4.78, 5) is 12.5. The lowest BCUT2D eigenvalue weighted by Crippen LogP contribution is -2.45. The average Bonchev–Trinajstić information content (AvgIpc) is 2.69. The van der Waals surface area contributed by atoms with Crippen molar-refractivity contribution < 1.29 is 27.4 Å². The maximum absolute atomic E-state index is 13.6. The first-order chi connectivity index (χ1) is 13.7. The lowest BCUT2D eigenvalue weighted by atomic mass is 9.94. The topological polar surface area (TPSA) is 51.1 Å². The third-order valence-electron chi connectivity index (χ3n) is 4.76. The lowest BCUT2D eigenvalue weighted by molar-refractivity contribution is -0.189. The van der Waals surface area contributed by atoms with E-state index in [-0.39, 0.29) is 12.3 Å². The Labute approximate surface area is 166 Å². The molecule has 0 aromatic heterocycles. The minimum Gasteiger partial charge on any atom is -0.493 e. The highest BCUT2D eigenvalue weighted by Gasteiger charge is 2.49. The molecule has 0 spiro atoms. The summed E-state index contributed by atoms with van der Waals surface area (Å²) < 4.78 is 51.1.